The van der Waals surface area contributed by atoms with E-state index in [2.05, 4.69) is 0 Å². The number of likely N-dealkylation sites (N-methyl/N-ethyl adjacent to an activating group) is 1. The van der Waals surface area contributed by atoms with Gasteiger partial charge in [0.2, 0.25) is 5.91 Å². The fourth-order valence-corrected chi connectivity index (χ4v) is 3.19. The molecule has 2 aromatic carbocycles. The van der Waals surface area contributed by atoms with Gasteiger partial charge in [0.25, 0.3) is 5.69 Å². The zero-order chi connectivity index (χ0) is 18.7. The molecule has 0 atom stereocenters. The minimum absolute atomic E-state index is 0.0180. The van der Waals surface area contributed by atoms with Gasteiger partial charge in [-0.3, -0.25) is 19.8 Å². The maximum Gasteiger partial charge on any atom is 0.271 e. The minimum atomic E-state index is -0.455. The molecule has 1 aliphatic heterocycles. The largest absolute Gasteiger partial charge is 0.310 e. The lowest BCUT2D eigenvalue weighted by molar-refractivity contribution is -0.384. The zero-order valence-electron chi connectivity index (χ0n) is 14.5. The number of halogens is 1. The molecule has 0 spiro atoms. The van der Waals surface area contributed by atoms with E-state index in [1.807, 2.05) is 17.9 Å². The molecule has 0 fully saturated rings. The molecule has 0 aromatic heterocycles. The molecule has 26 heavy (non-hydrogen) atoms. The highest BCUT2D eigenvalue weighted by Crippen LogP contribution is 2.31. The van der Waals surface area contributed by atoms with Crippen LogP contribution in [-0.2, 0) is 17.8 Å². The van der Waals surface area contributed by atoms with Crippen LogP contribution in [0.15, 0.2) is 42.5 Å². The van der Waals surface area contributed by atoms with Crippen LogP contribution < -0.4 is 4.90 Å². The van der Waals surface area contributed by atoms with Crippen LogP contribution in [0.3, 0.4) is 0 Å². The van der Waals surface area contributed by atoms with Gasteiger partial charge < -0.3 is 4.90 Å². The monoisotopic (exact) mass is 357 g/mol. The number of fused-ring (bicyclic) bond motifs is 1. The van der Waals surface area contributed by atoms with Crippen molar-refractivity contribution in [3.8, 4) is 0 Å². The van der Waals surface area contributed by atoms with Crippen LogP contribution in [0.1, 0.15) is 18.1 Å². The van der Waals surface area contributed by atoms with E-state index in [1.165, 1.54) is 24.3 Å². The number of hydrogen-bond donors (Lipinski definition) is 0. The molecule has 3 rings (SSSR count). The summed E-state index contributed by atoms with van der Waals surface area (Å²) in [6, 6.07) is 11.0. The van der Waals surface area contributed by atoms with E-state index in [0.717, 1.165) is 11.1 Å². The second kappa shape index (κ2) is 7.61. The Morgan fingerprint density at radius 2 is 2.12 bits per heavy atom. The van der Waals surface area contributed by atoms with E-state index in [0.29, 0.717) is 31.7 Å². The summed E-state index contributed by atoms with van der Waals surface area (Å²) >= 11 is 0. The second-order valence-corrected chi connectivity index (χ2v) is 6.30. The number of nitro benzene ring substituents is 1. The van der Waals surface area contributed by atoms with Crippen molar-refractivity contribution in [2.24, 2.45) is 0 Å². The first-order valence-corrected chi connectivity index (χ1v) is 8.52. The second-order valence-electron chi connectivity index (χ2n) is 6.30. The van der Waals surface area contributed by atoms with Crippen molar-refractivity contribution in [1.29, 1.82) is 0 Å². The van der Waals surface area contributed by atoms with E-state index in [-0.39, 0.29) is 24.0 Å². The number of benzene rings is 2. The van der Waals surface area contributed by atoms with Gasteiger partial charge in [-0.1, -0.05) is 25.1 Å². The van der Waals surface area contributed by atoms with E-state index in [4.69, 9.17) is 0 Å². The summed E-state index contributed by atoms with van der Waals surface area (Å²) in [5.74, 6) is -0.409. The molecule has 1 heterocycles. The fourth-order valence-electron chi connectivity index (χ4n) is 3.19. The SMILES string of the molecule is CCN(CC(=O)N1CCc2ccc([N+](=O)[O-])cc21)Cc1cccc(F)c1. The molecular weight excluding hydrogens is 337 g/mol. The predicted octanol–water partition coefficient (Wildman–Crippen LogP) is 3.15. The lowest BCUT2D eigenvalue weighted by Crippen LogP contribution is -2.39. The lowest BCUT2D eigenvalue weighted by Gasteiger charge is -2.24. The first-order valence-electron chi connectivity index (χ1n) is 8.52. The highest BCUT2D eigenvalue weighted by Gasteiger charge is 2.27. The Kier molecular flexibility index (Phi) is 5.27. The average molecular weight is 357 g/mol. The number of hydrogen-bond acceptors (Lipinski definition) is 4. The van der Waals surface area contributed by atoms with Crippen molar-refractivity contribution >= 4 is 17.3 Å². The standard InChI is InChI=1S/C19H20FN3O3/c1-2-21(12-14-4-3-5-16(20)10-14)13-19(24)22-9-8-15-6-7-17(23(25)26)11-18(15)22/h3-7,10-11H,2,8-9,12-13H2,1H3. The number of amides is 1. The molecule has 7 heteroatoms. The van der Waals surface area contributed by atoms with E-state index < -0.39 is 4.92 Å². The highest BCUT2D eigenvalue weighted by atomic mass is 19.1. The molecule has 0 saturated carbocycles. The van der Waals surface area contributed by atoms with Crippen molar-refractivity contribution in [3.05, 3.63) is 69.5 Å². The van der Waals surface area contributed by atoms with Crippen LogP contribution in [-0.4, -0.2) is 35.4 Å². The Balaban J connectivity index is 1.72. The topological polar surface area (TPSA) is 66.7 Å². The normalized spacial score (nSPS) is 13.1. The van der Waals surface area contributed by atoms with Gasteiger partial charge in [-0.05, 0) is 36.2 Å². The van der Waals surface area contributed by atoms with Gasteiger partial charge in [0.1, 0.15) is 5.82 Å². The summed E-state index contributed by atoms with van der Waals surface area (Å²) in [7, 11) is 0. The molecule has 0 radical (unpaired) electrons. The van der Waals surface area contributed by atoms with Gasteiger partial charge in [0, 0.05) is 25.2 Å². The van der Waals surface area contributed by atoms with Gasteiger partial charge in [0.15, 0.2) is 0 Å². The van der Waals surface area contributed by atoms with Crippen LogP contribution in [0.5, 0.6) is 0 Å². The summed E-state index contributed by atoms with van der Waals surface area (Å²) in [4.78, 5) is 26.8. The predicted molar refractivity (Wildman–Crippen MR) is 96.5 cm³/mol. The molecule has 1 aliphatic rings. The minimum Gasteiger partial charge on any atom is -0.310 e. The molecule has 6 nitrogen and oxygen atoms in total. The van der Waals surface area contributed by atoms with Crippen LogP contribution in [0.4, 0.5) is 15.8 Å². The van der Waals surface area contributed by atoms with E-state index in [1.54, 1.807) is 17.0 Å². The molecule has 0 bridgehead atoms. The van der Waals surface area contributed by atoms with Crippen molar-refractivity contribution < 1.29 is 14.1 Å². The molecule has 0 unspecified atom stereocenters. The third-order valence-corrected chi connectivity index (χ3v) is 4.58. The quantitative estimate of drug-likeness (QED) is 0.588. The summed E-state index contributed by atoms with van der Waals surface area (Å²) in [6.45, 7) is 3.74. The fraction of sp³-hybridized carbons (Fsp3) is 0.316. The molecule has 1 amide bonds. The van der Waals surface area contributed by atoms with Crippen molar-refractivity contribution in [1.82, 2.24) is 4.90 Å². The summed E-state index contributed by atoms with van der Waals surface area (Å²) in [6.07, 6.45) is 0.690. The summed E-state index contributed by atoms with van der Waals surface area (Å²) < 4.78 is 13.3. The third-order valence-electron chi connectivity index (χ3n) is 4.58. The van der Waals surface area contributed by atoms with E-state index >= 15 is 0 Å². The first-order chi connectivity index (χ1) is 12.5. The average Bonchev–Trinajstić information content (AvgIpc) is 3.04. The number of nitro groups is 1. The van der Waals surface area contributed by atoms with Crippen LogP contribution in [0, 0.1) is 15.9 Å². The summed E-state index contributed by atoms with van der Waals surface area (Å²) in [5.41, 5.74) is 2.34. The van der Waals surface area contributed by atoms with Gasteiger partial charge in [-0.15, -0.1) is 0 Å². The molecule has 136 valence electrons. The molecular formula is C19H20FN3O3. The van der Waals surface area contributed by atoms with Crippen molar-refractivity contribution in [2.75, 3.05) is 24.5 Å². The van der Waals surface area contributed by atoms with Gasteiger partial charge in [-0.25, -0.2) is 4.39 Å². The number of carbonyl (C=O) groups is 1. The maximum absolute atomic E-state index is 13.3. The van der Waals surface area contributed by atoms with Gasteiger partial charge >= 0.3 is 0 Å². The molecule has 0 N–H and O–H groups in total. The van der Waals surface area contributed by atoms with Crippen LogP contribution in [0.2, 0.25) is 0 Å². The number of carbonyl (C=O) groups excluding carboxylic acids is 1. The summed E-state index contributed by atoms with van der Waals surface area (Å²) in [5, 5.41) is 11.0. The Morgan fingerprint density at radius 1 is 1.31 bits per heavy atom. The van der Waals surface area contributed by atoms with Crippen molar-refractivity contribution in [2.45, 2.75) is 19.9 Å². The number of non-ortho nitro benzene ring substituents is 1. The highest BCUT2D eigenvalue weighted by molar-refractivity contribution is 5.97. The Hall–Kier alpha value is -2.80. The number of rotatable bonds is 6. The maximum atomic E-state index is 13.3. The number of nitrogens with zero attached hydrogens (tertiary/aromatic N) is 3. The smallest absolute Gasteiger partial charge is 0.271 e. The van der Waals surface area contributed by atoms with Crippen LogP contribution >= 0.6 is 0 Å². The third kappa shape index (κ3) is 3.88. The number of anilines is 1. The van der Waals surface area contributed by atoms with Crippen LogP contribution in [0.25, 0.3) is 0 Å². The molecule has 0 saturated heterocycles. The molecule has 0 aliphatic carbocycles. The van der Waals surface area contributed by atoms with E-state index in [9.17, 15) is 19.3 Å². The Labute approximate surface area is 151 Å². The molecule has 2 aromatic rings. The lowest BCUT2D eigenvalue weighted by atomic mass is 10.1. The van der Waals surface area contributed by atoms with Crippen molar-refractivity contribution in [3.63, 3.8) is 0 Å². The first kappa shape index (κ1) is 18.0. The zero-order valence-corrected chi connectivity index (χ0v) is 14.5. The van der Waals surface area contributed by atoms with Gasteiger partial charge in [-0.2, -0.15) is 0 Å². The Morgan fingerprint density at radius 3 is 2.81 bits per heavy atom. The van der Waals surface area contributed by atoms with Gasteiger partial charge in [0.05, 0.1) is 17.2 Å². The Bertz CT molecular complexity index is 841.